The van der Waals surface area contributed by atoms with Gasteiger partial charge < -0.3 is 0 Å². The Kier molecular flexibility index (Phi) is 4.45. The van der Waals surface area contributed by atoms with Crippen molar-refractivity contribution in [3.63, 3.8) is 0 Å². The zero-order chi connectivity index (χ0) is 15.4. The standard InChI is InChI=1S/C14H8O2.C2H4O2S/c15-13-9-5-1-2-6-10(9)14(16)12-8-4-3-7-11(12)13;1-2-5(3)4/h1-8H;2,5H,1H2. The molecule has 0 atom stereocenters. The first-order chi connectivity index (χ1) is 10.1. The van der Waals surface area contributed by atoms with Crippen LogP contribution in [0.2, 0.25) is 0 Å². The summed E-state index contributed by atoms with van der Waals surface area (Å²) in [6.07, 6.45) is 0. The molecule has 21 heavy (non-hydrogen) atoms. The van der Waals surface area contributed by atoms with Crippen molar-refractivity contribution in [1.29, 1.82) is 0 Å². The second kappa shape index (κ2) is 6.28. The summed E-state index contributed by atoms with van der Waals surface area (Å²) in [4.78, 5) is 24.2. The van der Waals surface area contributed by atoms with Gasteiger partial charge in [-0.05, 0) is 0 Å². The number of rotatable bonds is 1. The summed E-state index contributed by atoms with van der Waals surface area (Å²) in [7, 11) is -2.33. The lowest BCUT2D eigenvalue weighted by molar-refractivity contribution is 0.0979. The lowest BCUT2D eigenvalue weighted by atomic mass is 9.84. The number of thiol groups is 1. The zero-order valence-corrected chi connectivity index (χ0v) is 11.9. The minimum atomic E-state index is -2.33. The number of carbonyl (C=O) groups is 2. The fourth-order valence-electron chi connectivity index (χ4n) is 2.05. The molecule has 2 aromatic carbocycles. The van der Waals surface area contributed by atoms with Gasteiger partial charge in [-0.1, -0.05) is 55.1 Å². The fourth-order valence-corrected chi connectivity index (χ4v) is 2.05. The van der Waals surface area contributed by atoms with Crippen LogP contribution in [0, 0.1) is 0 Å². The van der Waals surface area contributed by atoms with Crippen molar-refractivity contribution in [1.82, 2.24) is 0 Å². The lowest BCUT2D eigenvalue weighted by Crippen LogP contribution is -2.20. The van der Waals surface area contributed by atoms with Crippen LogP contribution in [0.4, 0.5) is 0 Å². The van der Waals surface area contributed by atoms with Crippen LogP contribution in [0.3, 0.4) is 0 Å². The molecule has 0 spiro atoms. The maximum absolute atomic E-state index is 12.1. The molecule has 3 rings (SSSR count). The van der Waals surface area contributed by atoms with E-state index in [0.717, 1.165) is 5.41 Å². The predicted molar refractivity (Wildman–Crippen MR) is 80.3 cm³/mol. The van der Waals surface area contributed by atoms with E-state index in [1.165, 1.54) is 0 Å². The van der Waals surface area contributed by atoms with E-state index < -0.39 is 10.7 Å². The number of hydrogen-bond acceptors (Lipinski definition) is 4. The summed E-state index contributed by atoms with van der Waals surface area (Å²) in [6, 6.07) is 13.9. The van der Waals surface area contributed by atoms with Crippen LogP contribution < -0.4 is 0 Å². The highest BCUT2D eigenvalue weighted by Crippen LogP contribution is 2.26. The second-order valence-electron chi connectivity index (χ2n) is 4.22. The van der Waals surface area contributed by atoms with Gasteiger partial charge in [0.15, 0.2) is 22.3 Å². The van der Waals surface area contributed by atoms with Gasteiger partial charge in [0, 0.05) is 27.7 Å². The van der Waals surface area contributed by atoms with Crippen molar-refractivity contribution in [2.24, 2.45) is 0 Å². The van der Waals surface area contributed by atoms with Gasteiger partial charge >= 0.3 is 0 Å². The highest BCUT2D eigenvalue weighted by Gasteiger charge is 2.28. The lowest BCUT2D eigenvalue weighted by Gasteiger charge is -2.16. The highest BCUT2D eigenvalue weighted by molar-refractivity contribution is 7.75. The van der Waals surface area contributed by atoms with Crippen LogP contribution in [-0.2, 0) is 10.7 Å². The molecule has 106 valence electrons. The van der Waals surface area contributed by atoms with Crippen molar-refractivity contribution in [3.05, 3.63) is 82.8 Å². The molecule has 0 radical (unpaired) electrons. The Labute approximate surface area is 123 Å². The van der Waals surface area contributed by atoms with Crippen molar-refractivity contribution in [3.8, 4) is 0 Å². The van der Waals surface area contributed by atoms with Gasteiger partial charge in [0.1, 0.15) is 0 Å². The van der Waals surface area contributed by atoms with E-state index >= 15 is 0 Å². The Morgan fingerprint density at radius 2 is 0.952 bits per heavy atom. The van der Waals surface area contributed by atoms with E-state index in [1.807, 2.05) is 0 Å². The molecule has 0 aromatic heterocycles. The smallest absolute Gasteiger partial charge is 0.194 e. The molecule has 0 saturated heterocycles. The minimum absolute atomic E-state index is 0.0641. The summed E-state index contributed by atoms with van der Waals surface area (Å²) in [6.45, 7) is 2.96. The van der Waals surface area contributed by atoms with E-state index in [0.29, 0.717) is 22.3 Å². The molecule has 5 heteroatoms. The van der Waals surface area contributed by atoms with Gasteiger partial charge in [0.25, 0.3) is 0 Å². The average Bonchev–Trinajstić information content (AvgIpc) is 2.53. The molecular formula is C16H12O4S. The van der Waals surface area contributed by atoms with Crippen LogP contribution >= 0.6 is 0 Å². The average molecular weight is 300 g/mol. The Bertz CT molecular complexity index is 690. The SMILES string of the molecule is C=C[SH](=O)=O.O=C1c2ccccc2C(=O)c2ccccc21. The van der Waals surface area contributed by atoms with E-state index in [2.05, 4.69) is 6.58 Å². The predicted octanol–water partition coefficient (Wildman–Crippen LogP) is 2.20. The Hall–Kier alpha value is -2.53. The highest BCUT2D eigenvalue weighted by atomic mass is 32.2. The number of carbonyl (C=O) groups excluding carboxylic acids is 2. The molecule has 0 bridgehead atoms. The summed E-state index contributed by atoms with van der Waals surface area (Å²) >= 11 is 0. The second-order valence-corrected chi connectivity index (χ2v) is 5.15. The zero-order valence-electron chi connectivity index (χ0n) is 11.0. The van der Waals surface area contributed by atoms with E-state index in [9.17, 15) is 18.0 Å². The van der Waals surface area contributed by atoms with Gasteiger partial charge in [-0.2, -0.15) is 0 Å². The van der Waals surface area contributed by atoms with Gasteiger partial charge in [-0.15, -0.1) is 0 Å². The summed E-state index contributed by atoms with van der Waals surface area (Å²) in [5.41, 5.74) is 2.02. The molecule has 0 aliphatic heterocycles. The van der Waals surface area contributed by atoms with E-state index in [-0.39, 0.29) is 11.6 Å². The third kappa shape index (κ3) is 2.98. The van der Waals surface area contributed by atoms with Crippen LogP contribution in [-0.4, -0.2) is 20.0 Å². The molecule has 0 fully saturated rings. The van der Waals surface area contributed by atoms with Crippen molar-refractivity contribution in [2.45, 2.75) is 0 Å². The third-order valence-corrected chi connectivity index (χ3v) is 3.28. The van der Waals surface area contributed by atoms with Gasteiger partial charge in [0.05, 0.1) is 0 Å². The normalized spacial score (nSPS) is 12.0. The molecule has 0 N–H and O–H groups in total. The van der Waals surface area contributed by atoms with Crippen molar-refractivity contribution < 1.29 is 18.0 Å². The van der Waals surface area contributed by atoms with E-state index in [4.69, 9.17) is 0 Å². The number of benzene rings is 2. The molecule has 2 aromatic rings. The van der Waals surface area contributed by atoms with Gasteiger partial charge in [-0.25, -0.2) is 8.42 Å². The number of ketones is 2. The van der Waals surface area contributed by atoms with Crippen molar-refractivity contribution >= 4 is 22.3 Å². The molecule has 1 aliphatic carbocycles. The van der Waals surface area contributed by atoms with Crippen LogP contribution in [0.15, 0.2) is 60.5 Å². The first kappa shape index (κ1) is 14.9. The monoisotopic (exact) mass is 300 g/mol. The maximum Gasteiger partial charge on any atom is 0.194 e. The molecule has 0 saturated carbocycles. The summed E-state index contributed by atoms with van der Waals surface area (Å²) in [5.74, 6) is -0.128. The Morgan fingerprint density at radius 3 is 1.14 bits per heavy atom. The van der Waals surface area contributed by atoms with Crippen molar-refractivity contribution in [2.75, 3.05) is 0 Å². The molecule has 1 aliphatic rings. The minimum Gasteiger partial charge on any atom is -0.289 e. The first-order valence-corrected chi connectivity index (χ1v) is 7.34. The van der Waals surface area contributed by atoms with Gasteiger partial charge in [-0.3, -0.25) is 9.59 Å². The first-order valence-electron chi connectivity index (χ1n) is 6.09. The number of fused-ring (bicyclic) bond motifs is 2. The van der Waals surface area contributed by atoms with Crippen LogP contribution in [0.1, 0.15) is 31.8 Å². The molecule has 0 heterocycles. The maximum atomic E-state index is 12.1. The molecule has 0 amide bonds. The van der Waals surface area contributed by atoms with Crippen LogP contribution in [0.5, 0.6) is 0 Å². The number of hydrogen-bond donors (Lipinski definition) is 1. The van der Waals surface area contributed by atoms with Gasteiger partial charge in [0.2, 0.25) is 0 Å². The largest absolute Gasteiger partial charge is 0.289 e. The summed E-state index contributed by atoms with van der Waals surface area (Å²) < 4.78 is 18.6. The van der Waals surface area contributed by atoms with Crippen LogP contribution in [0.25, 0.3) is 0 Å². The Balaban J connectivity index is 0.000000282. The molecule has 4 nitrogen and oxygen atoms in total. The van der Waals surface area contributed by atoms with E-state index in [1.54, 1.807) is 48.5 Å². The quantitative estimate of drug-likeness (QED) is 0.700. The fraction of sp³-hybridized carbons (Fsp3) is 0. The third-order valence-electron chi connectivity index (χ3n) is 2.98. The topological polar surface area (TPSA) is 68.3 Å². The summed E-state index contributed by atoms with van der Waals surface area (Å²) in [5, 5.41) is 0.870. The Morgan fingerprint density at radius 1 is 0.714 bits per heavy atom. The molecule has 0 unspecified atom stereocenters. The molecular weight excluding hydrogens is 288 g/mol.